The molecule has 0 aromatic heterocycles. The van der Waals surface area contributed by atoms with Crippen LogP contribution in [0.15, 0.2) is 41.6 Å². The van der Waals surface area contributed by atoms with Crippen LogP contribution >= 0.6 is 34.8 Å². The van der Waals surface area contributed by atoms with Crippen LogP contribution in [0.2, 0.25) is 15.1 Å². The molecule has 1 aliphatic rings. The number of hydroxylamine groups is 1. The lowest BCUT2D eigenvalue weighted by Gasteiger charge is -2.29. The molecule has 1 heterocycles. The molecule has 11 heteroatoms. The molecule has 1 atom stereocenters. The smallest absolute Gasteiger partial charge is 0.374 e. The minimum absolute atomic E-state index is 0.0543. The number of hydrogen-bond donors (Lipinski definition) is 1. The molecule has 0 saturated carbocycles. The number of rotatable bonds is 4. The van der Waals surface area contributed by atoms with Crippen LogP contribution in [-0.2, 0) is 15.4 Å². The fourth-order valence-electron chi connectivity index (χ4n) is 2.84. The zero-order valence-electron chi connectivity index (χ0n) is 14.2. The van der Waals surface area contributed by atoms with E-state index >= 15 is 0 Å². The summed E-state index contributed by atoms with van der Waals surface area (Å²) >= 11 is 17.9. The SMILES string of the molecule is CN(ON)c1cc(C2=NOC(c3cc(Cl)cc(Cl)c3)(C(F)(F)F)C2)ccc1Cl. The van der Waals surface area contributed by atoms with E-state index < -0.39 is 18.2 Å². The van der Waals surface area contributed by atoms with Crippen molar-refractivity contribution in [1.82, 2.24) is 0 Å². The van der Waals surface area contributed by atoms with Crippen molar-refractivity contribution in [3.8, 4) is 0 Å². The summed E-state index contributed by atoms with van der Waals surface area (Å²) in [6.45, 7) is 0. The predicted octanol–water partition coefficient (Wildman–Crippen LogP) is 5.47. The third-order valence-corrected chi connectivity index (χ3v) is 5.05. The Kier molecular flexibility index (Phi) is 5.71. The average molecular weight is 455 g/mol. The van der Waals surface area contributed by atoms with Crippen molar-refractivity contribution in [2.75, 3.05) is 12.1 Å². The number of oxime groups is 1. The Balaban J connectivity index is 2.03. The number of nitrogens with zero attached hydrogens (tertiary/aromatic N) is 2. The van der Waals surface area contributed by atoms with E-state index in [4.69, 9.17) is 45.5 Å². The second kappa shape index (κ2) is 7.61. The van der Waals surface area contributed by atoms with Crippen LogP contribution in [0.1, 0.15) is 17.5 Å². The van der Waals surface area contributed by atoms with Gasteiger partial charge in [0.15, 0.2) is 0 Å². The van der Waals surface area contributed by atoms with Crippen LogP contribution in [0.3, 0.4) is 0 Å². The number of nitrogens with two attached hydrogens (primary N) is 1. The van der Waals surface area contributed by atoms with Gasteiger partial charge in [0, 0.05) is 34.6 Å². The van der Waals surface area contributed by atoms with Crippen molar-refractivity contribution in [2.24, 2.45) is 11.1 Å². The fourth-order valence-corrected chi connectivity index (χ4v) is 3.60. The van der Waals surface area contributed by atoms with Gasteiger partial charge < -0.3 is 4.84 Å². The Morgan fingerprint density at radius 3 is 2.36 bits per heavy atom. The second-order valence-electron chi connectivity index (χ2n) is 6.06. The van der Waals surface area contributed by atoms with Gasteiger partial charge in [0.1, 0.15) is 0 Å². The maximum absolute atomic E-state index is 14.0. The molecule has 5 nitrogen and oxygen atoms in total. The Labute approximate surface area is 173 Å². The maximum Gasteiger partial charge on any atom is 0.435 e. The van der Waals surface area contributed by atoms with Crippen LogP contribution < -0.4 is 11.0 Å². The Morgan fingerprint density at radius 1 is 1.14 bits per heavy atom. The van der Waals surface area contributed by atoms with Crippen molar-refractivity contribution in [3.05, 3.63) is 62.6 Å². The molecule has 0 bridgehead atoms. The highest BCUT2D eigenvalue weighted by Crippen LogP contribution is 2.49. The molecule has 3 rings (SSSR count). The summed E-state index contributed by atoms with van der Waals surface area (Å²) in [7, 11) is 1.49. The molecule has 0 aliphatic carbocycles. The molecular weight excluding hydrogens is 442 g/mol. The number of alkyl halides is 3. The minimum Gasteiger partial charge on any atom is -0.374 e. The van der Waals surface area contributed by atoms with Crippen molar-refractivity contribution in [3.63, 3.8) is 0 Å². The van der Waals surface area contributed by atoms with Gasteiger partial charge >= 0.3 is 6.18 Å². The lowest BCUT2D eigenvalue weighted by molar-refractivity contribution is -0.275. The largest absolute Gasteiger partial charge is 0.435 e. The second-order valence-corrected chi connectivity index (χ2v) is 7.34. The molecule has 0 amide bonds. The van der Waals surface area contributed by atoms with Crippen LogP contribution in [-0.4, -0.2) is 18.9 Å². The number of halogens is 6. The van der Waals surface area contributed by atoms with Crippen LogP contribution in [0.5, 0.6) is 0 Å². The summed E-state index contributed by atoms with van der Waals surface area (Å²) in [4.78, 5) is 9.56. The van der Waals surface area contributed by atoms with Gasteiger partial charge in [-0.3, -0.25) is 0 Å². The molecule has 150 valence electrons. The summed E-state index contributed by atoms with van der Waals surface area (Å²) < 4.78 is 42.1. The lowest BCUT2D eigenvalue weighted by Crippen LogP contribution is -2.42. The molecule has 0 fully saturated rings. The average Bonchev–Trinajstić information content (AvgIpc) is 3.07. The molecule has 28 heavy (non-hydrogen) atoms. The van der Waals surface area contributed by atoms with Gasteiger partial charge in [-0.25, -0.2) is 5.06 Å². The van der Waals surface area contributed by atoms with E-state index in [2.05, 4.69) is 10.1 Å². The van der Waals surface area contributed by atoms with Gasteiger partial charge in [-0.15, -0.1) is 0 Å². The van der Waals surface area contributed by atoms with Crippen molar-refractivity contribution < 1.29 is 22.9 Å². The highest BCUT2D eigenvalue weighted by molar-refractivity contribution is 6.34. The van der Waals surface area contributed by atoms with E-state index in [1.54, 1.807) is 0 Å². The highest BCUT2D eigenvalue weighted by atomic mass is 35.5. The highest BCUT2D eigenvalue weighted by Gasteiger charge is 2.62. The summed E-state index contributed by atoms with van der Waals surface area (Å²) in [6, 6.07) is 8.16. The summed E-state index contributed by atoms with van der Waals surface area (Å²) in [5, 5.41) is 5.26. The number of hydrogen-bond acceptors (Lipinski definition) is 5. The van der Waals surface area contributed by atoms with E-state index in [0.29, 0.717) is 16.3 Å². The molecule has 0 saturated heterocycles. The first-order valence-corrected chi connectivity index (χ1v) is 8.89. The van der Waals surface area contributed by atoms with E-state index in [0.717, 1.165) is 17.2 Å². The maximum atomic E-state index is 14.0. The van der Waals surface area contributed by atoms with Crippen molar-refractivity contribution in [2.45, 2.75) is 18.2 Å². The molecule has 2 N–H and O–H groups in total. The van der Waals surface area contributed by atoms with Gasteiger partial charge in [0.2, 0.25) is 0 Å². The standard InChI is InChI=1S/C17H13Cl3F3N3O2/c1-26(28-24)15-4-9(2-3-13(15)20)14-8-16(27-25-14,17(21,22)23)10-5-11(18)7-12(19)6-10/h2-7H,8,24H2,1H3. The monoisotopic (exact) mass is 453 g/mol. The third kappa shape index (κ3) is 3.75. The van der Waals surface area contributed by atoms with E-state index in [-0.39, 0.29) is 21.3 Å². The predicted molar refractivity (Wildman–Crippen MR) is 102 cm³/mol. The van der Waals surface area contributed by atoms with Crippen LogP contribution in [0.25, 0.3) is 0 Å². The van der Waals surface area contributed by atoms with E-state index in [1.165, 1.54) is 31.3 Å². The summed E-state index contributed by atoms with van der Waals surface area (Å²) in [5.74, 6) is 5.12. The lowest BCUT2D eigenvalue weighted by atomic mass is 9.86. The molecular formula is C17H13Cl3F3N3O2. The fraction of sp³-hybridized carbons (Fsp3) is 0.235. The Morgan fingerprint density at radius 2 is 1.79 bits per heavy atom. The quantitative estimate of drug-likeness (QED) is 0.622. The first-order chi connectivity index (χ1) is 13.1. The van der Waals surface area contributed by atoms with Gasteiger partial charge in [-0.2, -0.15) is 24.0 Å². The van der Waals surface area contributed by atoms with Crippen LogP contribution in [0, 0.1) is 0 Å². The van der Waals surface area contributed by atoms with Crippen molar-refractivity contribution >= 4 is 46.2 Å². The zero-order valence-corrected chi connectivity index (χ0v) is 16.5. The van der Waals surface area contributed by atoms with Gasteiger partial charge in [0.25, 0.3) is 5.60 Å². The summed E-state index contributed by atoms with van der Waals surface area (Å²) in [5.41, 5.74) is -2.18. The third-order valence-electron chi connectivity index (χ3n) is 4.29. The van der Waals surface area contributed by atoms with Crippen molar-refractivity contribution in [1.29, 1.82) is 0 Å². The molecule has 2 aromatic rings. The van der Waals surface area contributed by atoms with E-state index in [9.17, 15) is 13.2 Å². The van der Waals surface area contributed by atoms with Crippen LogP contribution in [0.4, 0.5) is 18.9 Å². The topological polar surface area (TPSA) is 60.1 Å². The molecule has 0 radical (unpaired) electrons. The van der Waals surface area contributed by atoms with Gasteiger partial charge in [-0.05, 0) is 30.3 Å². The number of benzene rings is 2. The van der Waals surface area contributed by atoms with Gasteiger partial charge in [0.05, 0.1) is 16.4 Å². The molecule has 1 aliphatic heterocycles. The number of anilines is 1. The van der Waals surface area contributed by atoms with Gasteiger partial charge in [-0.1, -0.05) is 46.0 Å². The first kappa shape index (κ1) is 21.0. The molecule has 1 unspecified atom stereocenters. The molecule has 2 aromatic carbocycles. The minimum atomic E-state index is -4.78. The Bertz CT molecular complexity index is 919. The molecule has 0 spiro atoms. The Hall–Kier alpha value is -1.71. The first-order valence-electron chi connectivity index (χ1n) is 7.76. The zero-order chi connectivity index (χ0) is 20.7. The van der Waals surface area contributed by atoms with E-state index in [1.807, 2.05) is 0 Å². The summed E-state index contributed by atoms with van der Waals surface area (Å²) in [6.07, 6.45) is -5.36. The normalized spacial score (nSPS) is 19.4.